The Labute approximate surface area is 125 Å². The number of thiophene rings is 1. The van der Waals surface area contributed by atoms with Crippen molar-refractivity contribution in [1.82, 2.24) is 0 Å². The van der Waals surface area contributed by atoms with Gasteiger partial charge < -0.3 is 15.9 Å². The van der Waals surface area contributed by atoms with Crippen LogP contribution < -0.4 is 11.5 Å². The van der Waals surface area contributed by atoms with Gasteiger partial charge in [-0.1, -0.05) is 18.2 Å². The highest BCUT2D eigenvalue weighted by Gasteiger charge is 2.15. The fraction of sp³-hybridized carbons (Fsp3) is 0.0588. The Morgan fingerprint density at radius 2 is 1.90 bits per heavy atom. The molecule has 4 aromatic rings. The van der Waals surface area contributed by atoms with E-state index in [1.165, 1.54) is 10.1 Å². The molecule has 0 aliphatic carbocycles. The molecule has 0 saturated carbocycles. The topological polar surface area (TPSA) is 65.2 Å². The second-order valence-electron chi connectivity index (χ2n) is 5.10. The molecule has 0 radical (unpaired) electrons. The Bertz CT molecular complexity index is 938. The van der Waals surface area contributed by atoms with E-state index in [1.54, 1.807) is 17.6 Å². The summed E-state index contributed by atoms with van der Waals surface area (Å²) in [7, 11) is 0. The van der Waals surface area contributed by atoms with E-state index in [4.69, 9.17) is 15.9 Å². The predicted molar refractivity (Wildman–Crippen MR) is 89.7 cm³/mol. The van der Waals surface area contributed by atoms with Crippen molar-refractivity contribution >= 4 is 42.9 Å². The average Bonchev–Trinajstić information content (AvgIpc) is 3.11. The molecule has 0 atom stereocenters. The fourth-order valence-electron chi connectivity index (χ4n) is 2.75. The lowest BCUT2D eigenvalue weighted by atomic mass is 10.0. The molecule has 0 aliphatic rings. The number of fused-ring (bicyclic) bond motifs is 3. The Morgan fingerprint density at radius 1 is 1.05 bits per heavy atom. The van der Waals surface area contributed by atoms with Gasteiger partial charge in [0, 0.05) is 33.3 Å². The van der Waals surface area contributed by atoms with Crippen molar-refractivity contribution in [1.29, 1.82) is 0 Å². The van der Waals surface area contributed by atoms with Crippen LogP contribution in [0, 0.1) is 0 Å². The van der Waals surface area contributed by atoms with E-state index in [0.717, 1.165) is 32.8 Å². The van der Waals surface area contributed by atoms with Crippen LogP contribution in [0.5, 0.6) is 0 Å². The van der Waals surface area contributed by atoms with Crippen LogP contribution >= 0.6 is 11.3 Å². The molecule has 2 aromatic heterocycles. The summed E-state index contributed by atoms with van der Waals surface area (Å²) in [6.07, 6.45) is 2.33. The number of nitrogen functional groups attached to an aromatic ring is 2. The summed E-state index contributed by atoms with van der Waals surface area (Å²) in [5, 5.41) is 2.24. The van der Waals surface area contributed by atoms with Crippen LogP contribution in [0.2, 0.25) is 0 Å². The van der Waals surface area contributed by atoms with Gasteiger partial charge in [-0.15, -0.1) is 11.3 Å². The van der Waals surface area contributed by atoms with E-state index in [0.29, 0.717) is 6.42 Å². The monoisotopic (exact) mass is 294 g/mol. The summed E-state index contributed by atoms with van der Waals surface area (Å²) < 4.78 is 7.70. The zero-order valence-corrected chi connectivity index (χ0v) is 12.1. The molecule has 0 aliphatic heterocycles. The third-order valence-electron chi connectivity index (χ3n) is 3.75. The van der Waals surface area contributed by atoms with Crippen molar-refractivity contribution in [2.75, 3.05) is 11.5 Å². The van der Waals surface area contributed by atoms with Crippen LogP contribution in [0.25, 0.3) is 20.2 Å². The molecular formula is C17H14N2OS. The molecule has 0 spiro atoms. The molecule has 4 heteroatoms. The summed E-state index contributed by atoms with van der Waals surface area (Å²) >= 11 is 1.69. The molecule has 0 fully saturated rings. The molecule has 3 nitrogen and oxygen atoms in total. The van der Waals surface area contributed by atoms with Crippen LogP contribution in [-0.2, 0) is 6.42 Å². The number of benzene rings is 2. The molecule has 2 heterocycles. The number of furan rings is 1. The lowest BCUT2D eigenvalue weighted by Crippen LogP contribution is -1.98. The van der Waals surface area contributed by atoms with Crippen molar-refractivity contribution in [3.8, 4) is 0 Å². The quantitative estimate of drug-likeness (QED) is 0.538. The number of rotatable bonds is 2. The molecule has 0 saturated heterocycles. The van der Waals surface area contributed by atoms with Crippen molar-refractivity contribution in [2.45, 2.75) is 6.42 Å². The maximum absolute atomic E-state index is 6.42. The second kappa shape index (κ2) is 4.53. The van der Waals surface area contributed by atoms with Gasteiger partial charge in [0.25, 0.3) is 0 Å². The molecule has 4 N–H and O–H groups in total. The van der Waals surface area contributed by atoms with Crippen LogP contribution in [0.4, 0.5) is 11.4 Å². The van der Waals surface area contributed by atoms with E-state index >= 15 is 0 Å². The van der Waals surface area contributed by atoms with Gasteiger partial charge >= 0.3 is 0 Å². The Morgan fingerprint density at radius 3 is 2.71 bits per heavy atom. The van der Waals surface area contributed by atoms with Gasteiger partial charge in [-0.2, -0.15) is 0 Å². The van der Waals surface area contributed by atoms with E-state index in [2.05, 4.69) is 12.1 Å². The van der Waals surface area contributed by atoms with Crippen LogP contribution in [0.1, 0.15) is 11.3 Å². The zero-order valence-electron chi connectivity index (χ0n) is 11.3. The maximum Gasteiger partial charge on any atom is 0.108 e. The van der Waals surface area contributed by atoms with Crippen molar-refractivity contribution < 1.29 is 4.42 Å². The minimum atomic E-state index is 0.656. The lowest BCUT2D eigenvalue weighted by Gasteiger charge is -2.08. The fourth-order valence-corrected chi connectivity index (χ4v) is 3.90. The third kappa shape index (κ3) is 1.87. The van der Waals surface area contributed by atoms with E-state index < -0.39 is 0 Å². The Hall–Kier alpha value is -2.46. The normalized spacial score (nSPS) is 11.4. The van der Waals surface area contributed by atoms with Crippen LogP contribution in [0.3, 0.4) is 0 Å². The summed E-state index contributed by atoms with van der Waals surface area (Å²) in [6, 6.07) is 14.1. The van der Waals surface area contributed by atoms with E-state index in [9.17, 15) is 0 Å². The molecule has 2 aromatic carbocycles. The van der Waals surface area contributed by atoms with Gasteiger partial charge in [-0.05, 0) is 29.8 Å². The maximum atomic E-state index is 6.42. The zero-order chi connectivity index (χ0) is 14.4. The molecular weight excluding hydrogens is 280 g/mol. The standard InChI is InChI=1S/C17H14N2OS/c18-13-9-10(8-11-4-3-7-20-11)16(19)15-12-5-1-2-6-14(12)21-17(13)15/h1-7,9H,8,18-19H2. The van der Waals surface area contributed by atoms with Crippen molar-refractivity contribution in [3.05, 3.63) is 60.1 Å². The highest BCUT2D eigenvalue weighted by atomic mass is 32.1. The van der Waals surface area contributed by atoms with Gasteiger partial charge in [0.2, 0.25) is 0 Å². The number of hydrogen-bond acceptors (Lipinski definition) is 4. The van der Waals surface area contributed by atoms with E-state index in [1.807, 2.05) is 30.3 Å². The van der Waals surface area contributed by atoms with Crippen LogP contribution in [0.15, 0.2) is 53.1 Å². The van der Waals surface area contributed by atoms with Crippen LogP contribution in [-0.4, -0.2) is 0 Å². The minimum absolute atomic E-state index is 0.656. The predicted octanol–water partition coefficient (Wildman–Crippen LogP) is 4.40. The van der Waals surface area contributed by atoms with Crippen molar-refractivity contribution in [3.63, 3.8) is 0 Å². The smallest absolute Gasteiger partial charge is 0.108 e. The SMILES string of the molecule is Nc1cc(Cc2ccco2)c(N)c2c1sc1ccccc12. The third-order valence-corrected chi connectivity index (χ3v) is 4.97. The average molecular weight is 294 g/mol. The molecule has 4 rings (SSSR count). The minimum Gasteiger partial charge on any atom is -0.469 e. The number of hydrogen-bond donors (Lipinski definition) is 2. The molecule has 104 valence electrons. The number of nitrogens with two attached hydrogens (primary N) is 2. The number of anilines is 2. The first-order valence-electron chi connectivity index (χ1n) is 6.74. The second-order valence-corrected chi connectivity index (χ2v) is 6.15. The van der Waals surface area contributed by atoms with Gasteiger partial charge in [-0.3, -0.25) is 0 Å². The van der Waals surface area contributed by atoms with Gasteiger partial charge in [0.05, 0.1) is 11.0 Å². The first-order valence-corrected chi connectivity index (χ1v) is 7.56. The summed E-state index contributed by atoms with van der Waals surface area (Å²) in [4.78, 5) is 0. The first kappa shape index (κ1) is 12.3. The highest BCUT2D eigenvalue weighted by Crippen LogP contribution is 2.42. The summed E-state index contributed by atoms with van der Waals surface area (Å²) in [5.74, 6) is 0.889. The molecule has 21 heavy (non-hydrogen) atoms. The Kier molecular flexibility index (Phi) is 2.65. The Balaban J connectivity index is 2.01. The summed E-state index contributed by atoms with van der Waals surface area (Å²) in [5.41, 5.74) is 15.3. The van der Waals surface area contributed by atoms with E-state index in [-0.39, 0.29) is 0 Å². The molecule has 0 bridgehead atoms. The molecule has 0 unspecified atom stereocenters. The first-order chi connectivity index (χ1) is 10.2. The molecule has 0 amide bonds. The van der Waals surface area contributed by atoms with Gasteiger partial charge in [0.1, 0.15) is 5.76 Å². The van der Waals surface area contributed by atoms with Gasteiger partial charge in [0.15, 0.2) is 0 Å². The largest absolute Gasteiger partial charge is 0.469 e. The van der Waals surface area contributed by atoms with Gasteiger partial charge in [-0.25, -0.2) is 0 Å². The summed E-state index contributed by atoms with van der Waals surface area (Å²) in [6.45, 7) is 0. The lowest BCUT2D eigenvalue weighted by molar-refractivity contribution is 0.521. The van der Waals surface area contributed by atoms with Crippen molar-refractivity contribution in [2.24, 2.45) is 0 Å². The highest BCUT2D eigenvalue weighted by molar-refractivity contribution is 7.26.